The zero-order valence-corrected chi connectivity index (χ0v) is 16.9. The number of hydrogen-bond donors (Lipinski definition) is 0. The Morgan fingerprint density at radius 3 is 2.52 bits per heavy atom. The fourth-order valence-electron chi connectivity index (χ4n) is 2.97. The molecule has 1 aliphatic heterocycles. The van der Waals surface area contributed by atoms with Gasteiger partial charge in [0.2, 0.25) is 0 Å². The highest BCUT2D eigenvalue weighted by Crippen LogP contribution is 2.37. The second kappa shape index (κ2) is 8.38. The lowest BCUT2D eigenvalue weighted by atomic mass is 9.87. The first-order chi connectivity index (χ1) is 13.5. The van der Waals surface area contributed by atoms with Gasteiger partial charge in [-0.3, -0.25) is 14.9 Å². The van der Waals surface area contributed by atoms with Crippen molar-refractivity contribution in [3.8, 4) is 0 Å². The van der Waals surface area contributed by atoms with Gasteiger partial charge in [-0.05, 0) is 40.2 Å². The molecule has 2 unspecified atom stereocenters. The van der Waals surface area contributed by atoms with Crippen molar-refractivity contribution in [1.29, 1.82) is 0 Å². The van der Waals surface area contributed by atoms with E-state index in [2.05, 4.69) is 4.99 Å². The molecule has 156 valence electrons. The van der Waals surface area contributed by atoms with Gasteiger partial charge < -0.3 is 9.47 Å². The first-order valence-electron chi connectivity index (χ1n) is 8.98. The fourth-order valence-corrected chi connectivity index (χ4v) is 2.97. The molecule has 0 fully saturated rings. The summed E-state index contributed by atoms with van der Waals surface area (Å²) in [5.74, 6) is -1.83. The van der Waals surface area contributed by atoms with E-state index in [4.69, 9.17) is 9.47 Å². The van der Waals surface area contributed by atoms with Crippen LogP contribution < -0.4 is 0 Å². The molecule has 10 nitrogen and oxygen atoms in total. The van der Waals surface area contributed by atoms with Crippen LogP contribution in [0.25, 0.3) is 0 Å². The molecule has 1 aromatic rings. The molecule has 3 amide bonds. The number of ether oxygens (including phenoxy) is 2. The fraction of sp³-hybridized carbons (Fsp3) is 0.474. The number of nitro benzene ring substituents is 1. The minimum Gasteiger partial charge on any atom is -0.465 e. The Kier molecular flexibility index (Phi) is 6.35. The number of imide groups is 1. The van der Waals surface area contributed by atoms with E-state index in [1.54, 1.807) is 27.7 Å². The molecule has 2 rings (SSSR count). The molecule has 2 atom stereocenters. The summed E-state index contributed by atoms with van der Waals surface area (Å²) < 4.78 is 10.4. The number of rotatable bonds is 4. The highest BCUT2D eigenvalue weighted by Gasteiger charge is 2.47. The number of benzene rings is 1. The molecule has 0 radical (unpaired) electrons. The van der Waals surface area contributed by atoms with Gasteiger partial charge in [0.1, 0.15) is 11.5 Å². The summed E-state index contributed by atoms with van der Waals surface area (Å²) in [6.07, 6.45) is -1.01. The van der Waals surface area contributed by atoms with Gasteiger partial charge in [0.25, 0.3) is 5.69 Å². The van der Waals surface area contributed by atoms with Crippen molar-refractivity contribution < 1.29 is 28.8 Å². The van der Waals surface area contributed by atoms with Crippen molar-refractivity contribution >= 4 is 29.5 Å². The number of non-ortho nitro benzene ring substituents is 1. The number of urea groups is 1. The molecule has 0 N–H and O–H groups in total. The van der Waals surface area contributed by atoms with Gasteiger partial charge >= 0.3 is 18.1 Å². The molecule has 10 heteroatoms. The maximum atomic E-state index is 12.8. The summed E-state index contributed by atoms with van der Waals surface area (Å²) in [5.41, 5.74) is -0.808. The van der Waals surface area contributed by atoms with Gasteiger partial charge in [0.05, 0.1) is 17.6 Å². The average molecular weight is 405 g/mol. The molecule has 0 bridgehead atoms. The van der Waals surface area contributed by atoms with Gasteiger partial charge in [-0.15, -0.1) is 0 Å². The van der Waals surface area contributed by atoms with Crippen LogP contribution in [0.3, 0.4) is 0 Å². The van der Waals surface area contributed by atoms with Gasteiger partial charge in [0.15, 0.2) is 0 Å². The lowest BCUT2D eigenvalue weighted by Crippen LogP contribution is -2.51. The lowest BCUT2D eigenvalue weighted by molar-refractivity contribution is -0.385. The Labute approximate surface area is 167 Å². The predicted octanol–water partition coefficient (Wildman–Crippen LogP) is 3.65. The number of carbonyl (C=O) groups excluding carboxylic acids is 3. The van der Waals surface area contributed by atoms with Crippen molar-refractivity contribution in [2.24, 2.45) is 10.9 Å². The number of amides is 3. The van der Waals surface area contributed by atoms with Crippen LogP contribution in [0.15, 0.2) is 29.3 Å². The van der Waals surface area contributed by atoms with Crippen LogP contribution in [-0.4, -0.2) is 45.8 Å². The van der Waals surface area contributed by atoms with Crippen LogP contribution in [0.5, 0.6) is 0 Å². The minimum absolute atomic E-state index is 0.0741. The van der Waals surface area contributed by atoms with Crippen molar-refractivity contribution in [2.75, 3.05) is 6.61 Å². The number of nitro groups is 1. The summed E-state index contributed by atoms with van der Waals surface area (Å²) >= 11 is 0. The second-order valence-corrected chi connectivity index (χ2v) is 7.41. The molecular formula is C19H23N3O7. The largest absolute Gasteiger partial charge is 0.465 e. The Morgan fingerprint density at radius 1 is 1.31 bits per heavy atom. The first kappa shape index (κ1) is 22.0. The Hall–Kier alpha value is -3.30. The minimum atomic E-state index is -1.20. The van der Waals surface area contributed by atoms with E-state index in [0.29, 0.717) is 4.90 Å². The molecular weight excluding hydrogens is 382 g/mol. The van der Waals surface area contributed by atoms with Crippen LogP contribution >= 0.6 is 0 Å². The van der Waals surface area contributed by atoms with Crippen LogP contribution in [0.2, 0.25) is 0 Å². The van der Waals surface area contributed by atoms with E-state index in [0.717, 1.165) is 0 Å². The van der Waals surface area contributed by atoms with Gasteiger partial charge in [-0.1, -0.05) is 12.1 Å². The molecule has 0 aliphatic carbocycles. The molecule has 1 aromatic carbocycles. The smallest absolute Gasteiger partial charge is 0.419 e. The predicted molar refractivity (Wildman–Crippen MR) is 103 cm³/mol. The first-order valence-corrected chi connectivity index (χ1v) is 8.98. The molecule has 0 spiro atoms. The third-order valence-corrected chi connectivity index (χ3v) is 4.08. The lowest BCUT2D eigenvalue weighted by Gasteiger charge is -2.37. The number of esters is 1. The summed E-state index contributed by atoms with van der Waals surface area (Å²) in [5, 5.41) is 11.2. The highest BCUT2D eigenvalue weighted by atomic mass is 16.6. The second-order valence-electron chi connectivity index (χ2n) is 7.41. The van der Waals surface area contributed by atoms with Crippen LogP contribution in [-0.2, 0) is 14.3 Å². The van der Waals surface area contributed by atoms with Crippen molar-refractivity contribution in [2.45, 2.75) is 46.3 Å². The molecule has 1 aliphatic rings. The number of aliphatic imine (C=N–C) groups is 1. The Morgan fingerprint density at radius 2 is 1.97 bits per heavy atom. The van der Waals surface area contributed by atoms with Gasteiger partial charge in [-0.2, -0.15) is 0 Å². The zero-order valence-electron chi connectivity index (χ0n) is 16.9. The van der Waals surface area contributed by atoms with E-state index in [-0.39, 0.29) is 23.6 Å². The van der Waals surface area contributed by atoms with E-state index >= 15 is 0 Å². The summed E-state index contributed by atoms with van der Waals surface area (Å²) in [7, 11) is 0. The Balaban J connectivity index is 2.65. The van der Waals surface area contributed by atoms with E-state index < -0.39 is 40.6 Å². The summed E-state index contributed by atoms with van der Waals surface area (Å²) in [4.78, 5) is 53.2. The van der Waals surface area contributed by atoms with Gasteiger partial charge in [-0.25, -0.2) is 19.5 Å². The normalized spacial score (nSPS) is 19.4. The molecule has 29 heavy (non-hydrogen) atoms. The third kappa shape index (κ3) is 4.95. The third-order valence-electron chi connectivity index (χ3n) is 4.08. The molecule has 0 aromatic heterocycles. The Bertz CT molecular complexity index is 873. The van der Waals surface area contributed by atoms with E-state index in [1.807, 2.05) is 0 Å². The maximum absolute atomic E-state index is 12.8. The molecule has 0 saturated carbocycles. The van der Waals surface area contributed by atoms with E-state index in [1.165, 1.54) is 31.2 Å². The molecule has 0 saturated heterocycles. The highest BCUT2D eigenvalue weighted by molar-refractivity contribution is 6.11. The van der Waals surface area contributed by atoms with Crippen LogP contribution in [0.1, 0.15) is 46.2 Å². The monoisotopic (exact) mass is 405 g/mol. The quantitative estimate of drug-likeness (QED) is 0.425. The number of hydrogen-bond acceptors (Lipinski definition) is 7. The summed E-state index contributed by atoms with van der Waals surface area (Å²) in [6, 6.07) is 3.26. The zero-order chi connectivity index (χ0) is 21.9. The van der Waals surface area contributed by atoms with Crippen LogP contribution in [0.4, 0.5) is 15.3 Å². The maximum Gasteiger partial charge on any atom is 0.419 e. The van der Waals surface area contributed by atoms with Crippen LogP contribution in [0, 0.1) is 16.0 Å². The number of nitrogens with zero attached hydrogens (tertiary/aromatic N) is 3. The number of carbonyl (C=O) groups is 3. The molecule has 1 heterocycles. The van der Waals surface area contributed by atoms with Crippen molar-refractivity contribution in [1.82, 2.24) is 4.90 Å². The van der Waals surface area contributed by atoms with Gasteiger partial charge in [0, 0.05) is 17.8 Å². The van der Waals surface area contributed by atoms with E-state index in [9.17, 15) is 24.5 Å². The topological polar surface area (TPSA) is 128 Å². The summed E-state index contributed by atoms with van der Waals surface area (Å²) in [6.45, 7) is 8.03. The van der Waals surface area contributed by atoms with Crippen molar-refractivity contribution in [3.63, 3.8) is 0 Å². The average Bonchev–Trinajstić information content (AvgIpc) is 2.59. The van der Waals surface area contributed by atoms with Crippen molar-refractivity contribution in [3.05, 3.63) is 39.9 Å². The SMILES string of the molecule is CCOC(=O)C1C(C)=NC(=O)N(C(=O)OC(C)(C)C)C1c1cccc([N+](=O)[O-])c1. The standard InChI is InChI=1S/C19H23N3O7/c1-6-28-16(23)14-11(2)20-17(24)21(18(25)29-19(3,4)5)15(14)12-8-7-9-13(10-12)22(26)27/h7-10,14-15H,6H2,1-5H3.